The van der Waals surface area contributed by atoms with Gasteiger partial charge >= 0.3 is 0 Å². The van der Waals surface area contributed by atoms with Crippen LogP contribution < -0.4 is 5.32 Å². The fourth-order valence-corrected chi connectivity index (χ4v) is 6.42. The van der Waals surface area contributed by atoms with E-state index in [4.69, 9.17) is 0 Å². The molecule has 0 bridgehead atoms. The van der Waals surface area contributed by atoms with Crippen LogP contribution in [-0.4, -0.2) is 60.6 Å². The molecule has 3 heterocycles. The van der Waals surface area contributed by atoms with Gasteiger partial charge in [0.25, 0.3) is 5.91 Å². The number of nitrogens with zero attached hydrogens (tertiary/aromatic N) is 2. The van der Waals surface area contributed by atoms with Crippen molar-refractivity contribution in [2.24, 2.45) is 5.92 Å². The molecule has 1 aromatic heterocycles. The SMILES string of the molecule is Cc1cc(C)cc(NC(=O)[C@H]2CCCN(S(=O)(=O)c3c[nH]c(C(=O)N4CCCCCC4)c3)C2)c1. The van der Waals surface area contributed by atoms with Crippen LogP contribution in [0.1, 0.15) is 60.1 Å². The van der Waals surface area contributed by atoms with E-state index in [2.05, 4.69) is 10.3 Å². The molecule has 2 aliphatic rings. The molecular weight excluding hydrogens is 452 g/mol. The molecule has 2 N–H and O–H groups in total. The first kappa shape index (κ1) is 24.5. The minimum Gasteiger partial charge on any atom is -0.356 e. The van der Waals surface area contributed by atoms with E-state index in [9.17, 15) is 18.0 Å². The van der Waals surface area contributed by atoms with Crippen LogP contribution in [0.2, 0.25) is 0 Å². The van der Waals surface area contributed by atoms with Crippen molar-refractivity contribution >= 4 is 27.5 Å². The molecule has 2 fully saturated rings. The van der Waals surface area contributed by atoms with Crippen LogP contribution in [-0.2, 0) is 14.8 Å². The molecule has 1 atom stereocenters. The number of sulfonamides is 1. The highest BCUT2D eigenvalue weighted by Crippen LogP contribution is 2.26. The average molecular weight is 487 g/mol. The number of likely N-dealkylation sites (tertiary alicyclic amines) is 1. The lowest BCUT2D eigenvalue weighted by Gasteiger charge is -2.31. The Hall–Kier alpha value is -2.65. The zero-order valence-electron chi connectivity index (χ0n) is 20.0. The van der Waals surface area contributed by atoms with Crippen LogP contribution in [0, 0.1) is 19.8 Å². The Morgan fingerprint density at radius 2 is 1.62 bits per heavy atom. The number of benzene rings is 1. The van der Waals surface area contributed by atoms with Gasteiger partial charge in [-0.15, -0.1) is 0 Å². The number of carbonyl (C=O) groups excluding carboxylic acids is 2. The smallest absolute Gasteiger partial charge is 0.270 e. The standard InChI is InChI=1S/C25H34N4O4S/c1-18-12-19(2)14-21(13-18)27-24(30)20-8-7-11-29(17-20)34(32,33)22-15-23(26-16-22)25(31)28-9-5-3-4-6-10-28/h12-16,20,26H,3-11,17H2,1-2H3,(H,27,30)/t20-/m0/s1. The Kier molecular flexibility index (Phi) is 7.42. The van der Waals surface area contributed by atoms with Crippen LogP contribution in [0.3, 0.4) is 0 Å². The Morgan fingerprint density at radius 3 is 2.29 bits per heavy atom. The lowest BCUT2D eigenvalue weighted by Crippen LogP contribution is -2.43. The van der Waals surface area contributed by atoms with Gasteiger partial charge in [-0.1, -0.05) is 18.9 Å². The van der Waals surface area contributed by atoms with E-state index < -0.39 is 15.9 Å². The number of hydrogen-bond acceptors (Lipinski definition) is 4. The summed E-state index contributed by atoms with van der Waals surface area (Å²) >= 11 is 0. The summed E-state index contributed by atoms with van der Waals surface area (Å²) in [4.78, 5) is 30.5. The first-order valence-corrected chi connectivity index (χ1v) is 13.5. The van der Waals surface area contributed by atoms with Crippen LogP contribution >= 0.6 is 0 Å². The molecule has 0 spiro atoms. The summed E-state index contributed by atoms with van der Waals surface area (Å²) in [6.45, 7) is 5.82. The number of aromatic amines is 1. The lowest BCUT2D eigenvalue weighted by atomic mass is 9.98. The largest absolute Gasteiger partial charge is 0.356 e. The molecule has 184 valence electrons. The number of anilines is 1. The first-order chi connectivity index (χ1) is 16.2. The molecular formula is C25H34N4O4S. The van der Waals surface area contributed by atoms with Crippen molar-refractivity contribution in [3.8, 4) is 0 Å². The molecule has 0 unspecified atom stereocenters. The van der Waals surface area contributed by atoms with Crippen LogP contribution in [0.25, 0.3) is 0 Å². The van der Waals surface area contributed by atoms with Crippen molar-refractivity contribution in [2.75, 3.05) is 31.5 Å². The number of nitrogens with one attached hydrogen (secondary N) is 2. The second kappa shape index (κ2) is 10.3. The van der Waals surface area contributed by atoms with E-state index in [1.54, 1.807) is 4.90 Å². The maximum Gasteiger partial charge on any atom is 0.270 e. The average Bonchev–Trinajstić information content (AvgIpc) is 3.15. The lowest BCUT2D eigenvalue weighted by molar-refractivity contribution is -0.120. The van der Waals surface area contributed by atoms with Gasteiger partial charge in [-0.25, -0.2) is 8.42 Å². The van der Waals surface area contributed by atoms with Gasteiger partial charge in [-0.3, -0.25) is 9.59 Å². The number of rotatable bonds is 5. The number of hydrogen-bond donors (Lipinski definition) is 2. The summed E-state index contributed by atoms with van der Waals surface area (Å²) in [7, 11) is -3.81. The molecule has 0 aliphatic carbocycles. The molecule has 8 nitrogen and oxygen atoms in total. The van der Waals surface area contributed by atoms with E-state index in [-0.39, 0.29) is 23.3 Å². The predicted molar refractivity (Wildman–Crippen MR) is 131 cm³/mol. The van der Waals surface area contributed by atoms with Crippen molar-refractivity contribution < 1.29 is 18.0 Å². The Labute approximate surface area is 201 Å². The Morgan fingerprint density at radius 1 is 0.941 bits per heavy atom. The molecule has 2 saturated heterocycles. The van der Waals surface area contributed by atoms with Gasteiger partial charge in [-0.2, -0.15) is 4.31 Å². The van der Waals surface area contributed by atoms with Gasteiger partial charge in [0, 0.05) is 38.1 Å². The molecule has 2 aromatic rings. The molecule has 0 saturated carbocycles. The van der Waals surface area contributed by atoms with Gasteiger partial charge in [-0.05, 0) is 68.9 Å². The quantitative estimate of drug-likeness (QED) is 0.673. The van der Waals surface area contributed by atoms with Gasteiger partial charge < -0.3 is 15.2 Å². The monoisotopic (exact) mass is 486 g/mol. The third-order valence-corrected chi connectivity index (χ3v) is 8.51. The highest BCUT2D eigenvalue weighted by molar-refractivity contribution is 7.89. The number of aromatic nitrogens is 1. The fraction of sp³-hybridized carbons (Fsp3) is 0.520. The van der Waals surface area contributed by atoms with Crippen molar-refractivity contribution in [3.63, 3.8) is 0 Å². The van der Waals surface area contributed by atoms with Crippen molar-refractivity contribution in [1.82, 2.24) is 14.2 Å². The third-order valence-electron chi connectivity index (χ3n) is 6.66. The minimum absolute atomic E-state index is 0.0704. The molecule has 2 amide bonds. The fourth-order valence-electron chi connectivity index (χ4n) is 4.91. The van der Waals surface area contributed by atoms with E-state index in [1.807, 2.05) is 32.0 Å². The van der Waals surface area contributed by atoms with E-state index in [0.29, 0.717) is 38.2 Å². The summed E-state index contributed by atoms with van der Waals surface area (Å²) < 4.78 is 28.0. The highest BCUT2D eigenvalue weighted by Gasteiger charge is 2.34. The van der Waals surface area contributed by atoms with Gasteiger partial charge in [0.2, 0.25) is 15.9 Å². The maximum absolute atomic E-state index is 13.3. The number of H-pyrrole nitrogens is 1. The number of amides is 2. The van der Waals surface area contributed by atoms with Crippen molar-refractivity contribution in [2.45, 2.75) is 57.3 Å². The molecule has 2 aliphatic heterocycles. The van der Waals surface area contributed by atoms with E-state index in [1.165, 1.54) is 16.6 Å². The predicted octanol–water partition coefficient (Wildman–Crippen LogP) is 3.69. The molecule has 1 aromatic carbocycles. The number of carbonyl (C=O) groups is 2. The summed E-state index contributed by atoms with van der Waals surface area (Å²) in [5, 5.41) is 2.95. The third kappa shape index (κ3) is 5.52. The zero-order valence-corrected chi connectivity index (χ0v) is 20.8. The Bertz CT molecular complexity index is 1130. The number of aryl methyl sites for hydroxylation is 2. The topological polar surface area (TPSA) is 103 Å². The zero-order chi connectivity index (χ0) is 24.3. The van der Waals surface area contributed by atoms with Crippen LogP contribution in [0.5, 0.6) is 0 Å². The molecule has 34 heavy (non-hydrogen) atoms. The van der Waals surface area contributed by atoms with E-state index >= 15 is 0 Å². The van der Waals surface area contributed by atoms with Crippen LogP contribution in [0.4, 0.5) is 5.69 Å². The van der Waals surface area contributed by atoms with Gasteiger partial charge in [0.05, 0.1) is 5.92 Å². The van der Waals surface area contributed by atoms with Crippen molar-refractivity contribution in [3.05, 3.63) is 47.3 Å². The maximum atomic E-state index is 13.3. The first-order valence-electron chi connectivity index (χ1n) is 12.1. The Balaban J connectivity index is 1.44. The molecule has 0 radical (unpaired) electrons. The van der Waals surface area contributed by atoms with Crippen LogP contribution in [0.15, 0.2) is 35.4 Å². The summed E-state index contributed by atoms with van der Waals surface area (Å²) in [6, 6.07) is 7.28. The van der Waals surface area contributed by atoms with Crippen molar-refractivity contribution in [1.29, 1.82) is 0 Å². The number of piperidine rings is 1. The summed E-state index contributed by atoms with van der Waals surface area (Å²) in [6.07, 6.45) is 6.79. The highest BCUT2D eigenvalue weighted by atomic mass is 32.2. The van der Waals surface area contributed by atoms with Gasteiger partial charge in [0.15, 0.2) is 0 Å². The molecule has 9 heteroatoms. The molecule has 4 rings (SSSR count). The summed E-state index contributed by atoms with van der Waals surface area (Å²) in [5.41, 5.74) is 3.13. The second-order valence-corrected chi connectivity index (χ2v) is 11.5. The second-order valence-electron chi connectivity index (χ2n) is 9.52. The normalized spacial score (nSPS) is 20.1. The minimum atomic E-state index is -3.81. The van der Waals surface area contributed by atoms with E-state index in [0.717, 1.165) is 42.5 Å². The summed E-state index contributed by atoms with van der Waals surface area (Å²) in [5.74, 6) is -0.759. The van der Waals surface area contributed by atoms with Gasteiger partial charge in [0.1, 0.15) is 10.6 Å².